The smallest absolute Gasteiger partial charge is 0.300 e. The Morgan fingerprint density at radius 1 is 0.941 bits per heavy atom. The molecule has 0 aliphatic heterocycles. The number of nitrogens with two attached hydrogens (primary N) is 1. The highest BCUT2D eigenvalue weighted by molar-refractivity contribution is 5.63. The van der Waals surface area contributed by atoms with E-state index in [2.05, 4.69) is 0 Å². The van der Waals surface area contributed by atoms with E-state index < -0.39 is 17.9 Å². The van der Waals surface area contributed by atoms with Gasteiger partial charge in [-0.3, -0.25) is 14.4 Å². The maximum absolute atomic E-state index is 9.00. The van der Waals surface area contributed by atoms with Crippen molar-refractivity contribution < 1.29 is 34.9 Å². The molecule has 0 heterocycles. The Balaban J connectivity index is -0.0000000667. The molecule has 0 spiro atoms. The molecule has 0 bridgehead atoms. The number of carboxylic acids is 3. The number of rotatable bonds is 2. The highest BCUT2D eigenvalue weighted by Crippen LogP contribution is 1.42. The molecule has 0 aliphatic rings. The molecular weight excluding hydrogens is 236 g/mol. The molecule has 0 rings (SSSR count). The standard InChI is InChI=1S/C2H8N2O.3C2H4O2/c3-1-2-4-5;3*1-2(3)4/h4-5H,1-3H2;3*1H3,(H,3,4). The van der Waals surface area contributed by atoms with Gasteiger partial charge in [-0.25, -0.2) is 5.48 Å². The van der Waals surface area contributed by atoms with E-state index >= 15 is 0 Å². The molecule has 9 heteroatoms. The summed E-state index contributed by atoms with van der Waals surface area (Å²) in [7, 11) is 0. The fourth-order valence-corrected chi connectivity index (χ4v) is 0.0645. The van der Waals surface area contributed by atoms with E-state index in [0.717, 1.165) is 20.8 Å². The number of carboxylic acid groups (broad SMARTS) is 3. The number of hydroxylamine groups is 1. The minimum Gasteiger partial charge on any atom is -0.481 e. The summed E-state index contributed by atoms with van der Waals surface area (Å²) in [5.41, 5.74) is 6.81. The second-order valence-corrected chi connectivity index (χ2v) is 2.25. The molecule has 0 radical (unpaired) electrons. The predicted molar refractivity (Wildman–Crippen MR) is 58.8 cm³/mol. The minimum atomic E-state index is -0.833. The van der Waals surface area contributed by atoms with Crippen LogP contribution in [0, 0.1) is 0 Å². The summed E-state index contributed by atoms with van der Waals surface area (Å²) in [5, 5.41) is 30.0. The first-order valence-corrected chi connectivity index (χ1v) is 4.27. The molecule has 17 heavy (non-hydrogen) atoms. The van der Waals surface area contributed by atoms with Gasteiger partial charge in [-0.1, -0.05) is 0 Å². The van der Waals surface area contributed by atoms with Crippen molar-refractivity contribution in [1.29, 1.82) is 0 Å². The van der Waals surface area contributed by atoms with Gasteiger partial charge in [0.15, 0.2) is 0 Å². The number of hydrogen-bond acceptors (Lipinski definition) is 6. The number of carbonyl (C=O) groups is 3. The lowest BCUT2D eigenvalue weighted by atomic mass is 10.7. The molecular formula is C8H20N2O7. The third-order valence-corrected chi connectivity index (χ3v) is 0.256. The Hall–Kier alpha value is -1.71. The van der Waals surface area contributed by atoms with Crippen molar-refractivity contribution in [3.8, 4) is 0 Å². The van der Waals surface area contributed by atoms with E-state index in [1.54, 1.807) is 0 Å². The van der Waals surface area contributed by atoms with E-state index in [9.17, 15) is 0 Å². The van der Waals surface area contributed by atoms with Crippen molar-refractivity contribution in [3.05, 3.63) is 0 Å². The molecule has 0 aromatic heterocycles. The number of hydrogen-bond donors (Lipinski definition) is 6. The third kappa shape index (κ3) is 25700. The first kappa shape index (κ1) is 24.5. The largest absolute Gasteiger partial charge is 0.481 e. The Kier molecular flexibility index (Phi) is 34.3. The van der Waals surface area contributed by atoms with Crippen LogP contribution in [0.5, 0.6) is 0 Å². The van der Waals surface area contributed by atoms with Gasteiger partial charge in [-0.2, -0.15) is 0 Å². The molecule has 0 fully saturated rings. The lowest BCUT2D eigenvalue weighted by molar-refractivity contribution is -0.135. The van der Waals surface area contributed by atoms with Gasteiger partial charge in [0.1, 0.15) is 0 Å². The average molecular weight is 256 g/mol. The second kappa shape index (κ2) is 23.8. The van der Waals surface area contributed by atoms with Crippen LogP contribution in [0.15, 0.2) is 0 Å². The van der Waals surface area contributed by atoms with Crippen molar-refractivity contribution >= 4 is 17.9 Å². The van der Waals surface area contributed by atoms with Gasteiger partial charge in [-0.05, 0) is 0 Å². The Morgan fingerprint density at radius 2 is 1.12 bits per heavy atom. The van der Waals surface area contributed by atoms with Gasteiger partial charge in [0.2, 0.25) is 0 Å². The third-order valence-electron chi connectivity index (χ3n) is 0.256. The predicted octanol–water partition coefficient (Wildman–Crippen LogP) is -0.803. The molecule has 104 valence electrons. The van der Waals surface area contributed by atoms with Crippen molar-refractivity contribution in [2.45, 2.75) is 20.8 Å². The van der Waals surface area contributed by atoms with Crippen LogP contribution in [-0.4, -0.2) is 51.5 Å². The first-order chi connectivity index (χ1) is 7.61. The van der Waals surface area contributed by atoms with Gasteiger partial charge in [0, 0.05) is 33.9 Å². The molecule has 9 nitrogen and oxygen atoms in total. The van der Waals surface area contributed by atoms with Crippen LogP contribution < -0.4 is 11.2 Å². The van der Waals surface area contributed by atoms with E-state index in [1.807, 2.05) is 5.48 Å². The number of nitrogens with one attached hydrogen (secondary N) is 1. The SMILES string of the molecule is CC(=O)O.CC(=O)O.CC(=O)O.NCCNO. The molecule has 7 N–H and O–H groups in total. The quantitative estimate of drug-likeness (QED) is 0.346. The fraction of sp³-hybridized carbons (Fsp3) is 0.625. The molecule has 0 aromatic carbocycles. The van der Waals surface area contributed by atoms with Gasteiger partial charge in [0.05, 0.1) is 0 Å². The molecule has 0 saturated carbocycles. The summed E-state index contributed by atoms with van der Waals surface area (Å²) >= 11 is 0. The van der Waals surface area contributed by atoms with Crippen molar-refractivity contribution in [1.82, 2.24) is 5.48 Å². The number of aliphatic carboxylic acids is 3. The van der Waals surface area contributed by atoms with Gasteiger partial charge in [-0.15, -0.1) is 0 Å². The van der Waals surface area contributed by atoms with Crippen LogP contribution in [-0.2, 0) is 14.4 Å². The van der Waals surface area contributed by atoms with Crippen molar-refractivity contribution in [2.24, 2.45) is 5.73 Å². The van der Waals surface area contributed by atoms with E-state index in [1.165, 1.54) is 0 Å². The van der Waals surface area contributed by atoms with Crippen LogP contribution in [0.2, 0.25) is 0 Å². The normalized spacial score (nSPS) is 6.88. The second-order valence-electron chi connectivity index (χ2n) is 2.25. The lowest BCUT2D eigenvalue weighted by Gasteiger charge is -1.84. The first-order valence-electron chi connectivity index (χ1n) is 4.27. The Morgan fingerprint density at radius 3 is 1.12 bits per heavy atom. The molecule has 0 saturated heterocycles. The maximum atomic E-state index is 9.00. The maximum Gasteiger partial charge on any atom is 0.300 e. The van der Waals surface area contributed by atoms with Crippen LogP contribution in [0.4, 0.5) is 0 Å². The van der Waals surface area contributed by atoms with Crippen LogP contribution in [0.25, 0.3) is 0 Å². The summed E-state index contributed by atoms with van der Waals surface area (Å²) in [6, 6.07) is 0. The van der Waals surface area contributed by atoms with Crippen molar-refractivity contribution in [2.75, 3.05) is 13.1 Å². The summed E-state index contributed by atoms with van der Waals surface area (Å²) < 4.78 is 0. The zero-order valence-electron chi connectivity index (χ0n) is 10.0. The minimum absolute atomic E-state index is 0.472. The van der Waals surface area contributed by atoms with Gasteiger partial charge >= 0.3 is 0 Å². The fourth-order valence-electron chi connectivity index (χ4n) is 0.0645. The Labute approximate surface area is 98.8 Å². The van der Waals surface area contributed by atoms with Crippen LogP contribution >= 0.6 is 0 Å². The molecule has 0 atom stereocenters. The highest BCUT2D eigenvalue weighted by atomic mass is 16.5. The topological polar surface area (TPSA) is 170 Å². The zero-order valence-corrected chi connectivity index (χ0v) is 10.0. The van der Waals surface area contributed by atoms with Crippen LogP contribution in [0.1, 0.15) is 20.8 Å². The molecule has 0 amide bonds. The van der Waals surface area contributed by atoms with E-state index in [4.69, 9.17) is 40.6 Å². The average Bonchev–Trinajstić information content (AvgIpc) is 2.01. The summed E-state index contributed by atoms with van der Waals surface area (Å²) in [5.74, 6) is -2.50. The molecule has 0 aliphatic carbocycles. The summed E-state index contributed by atoms with van der Waals surface area (Å²) in [6.07, 6.45) is 0. The molecule has 0 aromatic rings. The van der Waals surface area contributed by atoms with Crippen molar-refractivity contribution in [3.63, 3.8) is 0 Å². The summed E-state index contributed by atoms with van der Waals surface area (Å²) in [4.78, 5) is 27.0. The van der Waals surface area contributed by atoms with E-state index in [-0.39, 0.29) is 0 Å². The highest BCUT2D eigenvalue weighted by Gasteiger charge is 1.66. The molecule has 0 unspecified atom stereocenters. The summed E-state index contributed by atoms with van der Waals surface area (Å²) in [6.45, 7) is 4.20. The van der Waals surface area contributed by atoms with E-state index in [0.29, 0.717) is 13.1 Å². The van der Waals surface area contributed by atoms with Gasteiger partial charge in [0.25, 0.3) is 17.9 Å². The lowest BCUT2D eigenvalue weighted by Crippen LogP contribution is -2.17. The monoisotopic (exact) mass is 256 g/mol. The van der Waals surface area contributed by atoms with Crippen LogP contribution in [0.3, 0.4) is 0 Å². The van der Waals surface area contributed by atoms with Gasteiger partial charge < -0.3 is 26.3 Å². The zero-order chi connectivity index (χ0) is 14.9. The Bertz CT molecular complexity index is 154.